The Kier molecular flexibility index (Phi) is 5.01. The molecule has 1 aliphatic heterocycles. The van der Waals surface area contributed by atoms with E-state index in [1.54, 1.807) is 0 Å². The molecule has 6 nitrogen and oxygen atoms in total. The minimum absolute atomic E-state index is 0.0536. The van der Waals surface area contributed by atoms with Crippen LogP contribution in [-0.2, 0) is 16.4 Å². The normalized spacial score (nSPS) is 20.0. The number of para-hydroxylation sites is 1. The van der Waals surface area contributed by atoms with Crippen LogP contribution in [0.4, 0.5) is 5.82 Å². The van der Waals surface area contributed by atoms with Crippen molar-refractivity contribution in [2.24, 2.45) is 0 Å². The van der Waals surface area contributed by atoms with Crippen LogP contribution in [0.2, 0.25) is 0 Å². The highest BCUT2D eigenvalue weighted by atomic mass is 32.2. The second-order valence-electron chi connectivity index (χ2n) is 6.42. The Morgan fingerprint density at radius 2 is 2.08 bits per heavy atom. The van der Waals surface area contributed by atoms with Crippen LogP contribution in [0.3, 0.4) is 0 Å². The fourth-order valence-electron chi connectivity index (χ4n) is 3.22. The Bertz CT molecular complexity index is 822. The Labute approximate surface area is 143 Å². The van der Waals surface area contributed by atoms with Gasteiger partial charge >= 0.3 is 0 Å². The van der Waals surface area contributed by atoms with Gasteiger partial charge in [0, 0.05) is 11.4 Å². The van der Waals surface area contributed by atoms with Crippen molar-refractivity contribution >= 4 is 26.6 Å². The number of nitrogens with two attached hydrogens (primary N) is 1. The van der Waals surface area contributed by atoms with Crippen molar-refractivity contribution in [2.75, 3.05) is 23.8 Å². The highest BCUT2D eigenvalue weighted by Crippen LogP contribution is 2.22. The van der Waals surface area contributed by atoms with E-state index >= 15 is 0 Å². The van der Waals surface area contributed by atoms with Crippen molar-refractivity contribution in [2.45, 2.75) is 38.8 Å². The number of benzene rings is 1. The molecule has 0 spiro atoms. The van der Waals surface area contributed by atoms with E-state index in [2.05, 4.69) is 21.8 Å². The van der Waals surface area contributed by atoms with Gasteiger partial charge in [-0.05, 0) is 31.5 Å². The van der Waals surface area contributed by atoms with Gasteiger partial charge in [-0.2, -0.15) is 0 Å². The van der Waals surface area contributed by atoms with Crippen LogP contribution in [0.1, 0.15) is 32.0 Å². The summed E-state index contributed by atoms with van der Waals surface area (Å²) >= 11 is 0. The maximum Gasteiger partial charge on any atom is 0.151 e. The molecule has 0 bridgehead atoms. The molecule has 3 rings (SSSR count). The van der Waals surface area contributed by atoms with Crippen LogP contribution in [0.5, 0.6) is 0 Å². The monoisotopic (exact) mass is 348 g/mol. The highest BCUT2D eigenvalue weighted by molar-refractivity contribution is 7.91. The summed E-state index contributed by atoms with van der Waals surface area (Å²) in [7, 11) is -2.91. The molecule has 0 aliphatic carbocycles. The van der Waals surface area contributed by atoms with Crippen molar-refractivity contribution < 1.29 is 8.42 Å². The molecule has 1 saturated heterocycles. The molecular weight excluding hydrogens is 324 g/mol. The van der Waals surface area contributed by atoms with Gasteiger partial charge in [0.15, 0.2) is 9.84 Å². The summed E-state index contributed by atoms with van der Waals surface area (Å²) in [6.45, 7) is 3.52. The summed E-state index contributed by atoms with van der Waals surface area (Å²) in [5, 5.41) is 0.852. The number of fused-ring (bicyclic) bond motifs is 1. The molecule has 7 heteroatoms. The lowest BCUT2D eigenvalue weighted by atomic mass is 10.2. The minimum Gasteiger partial charge on any atom is -0.383 e. The molecule has 1 aromatic carbocycles. The average molecular weight is 348 g/mol. The van der Waals surface area contributed by atoms with E-state index in [9.17, 15) is 8.42 Å². The van der Waals surface area contributed by atoms with Gasteiger partial charge in [-0.1, -0.05) is 25.5 Å². The van der Waals surface area contributed by atoms with Crippen LogP contribution in [0.25, 0.3) is 10.9 Å². The number of nitrogens with zero attached hydrogens (tertiary/aromatic N) is 3. The van der Waals surface area contributed by atoms with Crippen LogP contribution >= 0.6 is 0 Å². The van der Waals surface area contributed by atoms with Crippen molar-refractivity contribution in [3.63, 3.8) is 0 Å². The van der Waals surface area contributed by atoms with E-state index in [1.165, 1.54) is 0 Å². The second-order valence-corrected chi connectivity index (χ2v) is 8.65. The minimum atomic E-state index is -2.91. The Hall–Kier alpha value is -1.73. The van der Waals surface area contributed by atoms with Crippen molar-refractivity contribution in [1.82, 2.24) is 14.9 Å². The molecule has 2 aromatic rings. The van der Waals surface area contributed by atoms with Gasteiger partial charge in [-0.15, -0.1) is 0 Å². The summed E-state index contributed by atoms with van der Waals surface area (Å²) in [4.78, 5) is 11.2. The van der Waals surface area contributed by atoms with Gasteiger partial charge in [0.2, 0.25) is 0 Å². The van der Waals surface area contributed by atoms with Gasteiger partial charge in [0.1, 0.15) is 11.6 Å². The Morgan fingerprint density at radius 1 is 1.29 bits per heavy atom. The van der Waals surface area contributed by atoms with Crippen molar-refractivity contribution in [3.8, 4) is 0 Å². The number of nitrogen functional groups attached to an aromatic ring is 1. The summed E-state index contributed by atoms with van der Waals surface area (Å²) in [5.74, 6) is 1.65. The predicted molar refractivity (Wildman–Crippen MR) is 96.3 cm³/mol. The first-order valence-electron chi connectivity index (χ1n) is 8.44. The topological polar surface area (TPSA) is 89.2 Å². The molecule has 130 valence electrons. The Balaban J connectivity index is 1.84. The molecular formula is C17H24N4O2S. The molecule has 2 heterocycles. The van der Waals surface area contributed by atoms with E-state index in [4.69, 9.17) is 5.73 Å². The summed E-state index contributed by atoms with van der Waals surface area (Å²) < 4.78 is 23.6. The third kappa shape index (κ3) is 3.84. The number of rotatable bonds is 6. The van der Waals surface area contributed by atoms with Gasteiger partial charge in [-0.3, -0.25) is 4.90 Å². The summed E-state index contributed by atoms with van der Waals surface area (Å²) in [6, 6.07) is 7.73. The molecule has 2 N–H and O–H groups in total. The smallest absolute Gasteiger partial charge is 0.151 e. The van der Waals surface area contributed by atoms with Crippen LogP contribution in [-0.4, -0.2) is 47.4 Å². The van der Waals surface area contributed by atoms with Gasteiger partial charge in [-0.25, -0.2) is 18.4 Å². The lowest BCUT2D eigenvalue weighted by Crippen LogP contribution is -2.37. The first-order chi connectivity index (χ1) is 11.5. The zero-order chi connectivity index (χ0) is 17.2. The number of sulfone groups is 1. The van der Waals surface area contributed by atoms with Crippen molar-refractivity contribution in [3.05, 3.63) is 30.1 Å². The van der Waals surface area contributed by atoms with E-state index in [-0.39, 0.29) is 17.5 Å². The predicted octanol–water partition coefficient (Wildman–Crippen LogP) is 2.00. The zero-order valence-electron chi connectivity index (χ0n) is 14.0. The summed E-state index contributed by atoms with van der Waals surface area (Å²) in [6.07, 6.45) is 2.78. The molecule has 1 fully saturated rings. The van der Waals surface area contributed by atoms with E-state index < -0.39 is 9.84 Å². The lowest BCUT2D eigenvalue weighted by Gasteiger charge is -2.27. The van der Waals surface area contributed by atoms with Gasteiger partial charge < -0.3 is 5.73 Å². The Morgan fingerprint density at radius 3 is 2.79 bits per heavy atom. The molecule has 0 radical (unpaired) electrons. The third-order valence-electron chi connectivity index (χ3n) is 4.55. The van der Waals surface area contributed by atoms with E-state index in [0.717, 1.165) is 30.3 Å². The number of anilines is 1. The highest BCUT2D eigenvalue weighted by Gasteiger charge is 2.32. The van der Waals surface area contributed by atoms with Crippen molar-refractivity contribution in [1.29, 1.82) is 0 Å². The maximum atomic E-state index is 11.8. The number of hydrogen-bond acceptors (Lipinski definition) is 6. The van der Waals surface area contributed by atoms with E-state index in [0.29, 0.717) is 24.6 Å². The van der Waals surface area contributed by atoms with E-state index in [1.807, 2.05) is 24.3 Å². The lowest BCUT2D eigenvalue weighted by molar-refractivity contribution is 0.196. The zero-order valence-corrected chi connectivity index (χ0v) is 14.8. The second kappa shape index (κ2) is 7.03. The third-order valence-corrected chi connectivity index (χ3v) is 6.30. The molecule has 0 amide bonds. The first kappa shape index (κ1) is 17.1. The quantitative estimate of drug-likeness (QED) is 0.859. The summed E-state index contributed by atoms with van der Waals surface area (Å²) in [5.41, 5.74) is 6.89. The maximum absolute atomic E-state index is 11.8. The van der Waals surface area contributed by atoms with Gasteiger partial charge in [0.05, 0.1) is 23.6 Å². The first-order valence-corrected chi connectivity index (χ1v) is 10.3. The molecule has 0 unspecified atom stereocenters. The molecule has 1 aliphatic rings. The molecule has 0 saturated carbocycles. The SMILES string of the molecule is CCCCN(Cc1nc(N)c2ccccc2n1)[C@@H]1CCS(=O)(=O)C1. The molecule has 1 aromatic heterocycles. The van der Waals surface area contributed by atoms with Crippen LogP contribution < -0.4 is 5.73 Å². The molecule has 1 atom stereocenters. The largest absolute Gasteiger partial charge is 0.383 e. The van der Waals surface area contributed by atoms with Crippen LogP contribution in [0, 0.1) is 0 Å². The fourth-order valence-corrected chi connectivity index (χ4v) is 4.98. The molecule has 24 heavy (non-hydrogen) atoms. The number of aromatic nitrogens is 2. The number of unbranched alkanes of at least 4 members (excludes halogenated alkanes) is 1. The average Bonchev–Trinajstić information content (AvgIpc) is 2.91. The number of hydrogen-bond donors (Lipinski definition) is 1. The van der Waals surface area contributed by atoms with Gasteiger partial charge in [0.25, 0.3) is 0 Å². The van der Waals surface area contributed by atoms with Crippen LogP contribution in [0.15, 0.2) is 24.3 Å². The standard InChI is InChI=1S/C17H24N4O2S/c1-2-3-9-21(13-8-10-24(22,23)12-13)11-16-19-15-7-5-4-6-14(15)17(18)20-16/h4-7,13H,2-3,8-12H2,1H3,(H2,18,19,20)/t13-/m1/s1. The fraction of sp³-hybridized carbons (Fsp3) is 0.529.